The van der Waals surface area contributed by atoms with Crippen LogP contribution in [0, 0.1) is 0 Å². The molecule has 2 atom stereocenters. The summed E-state index contributed by atoms with van der Waals surface area (Å²) in [6.07, 6.45) is 0.759. The number of piperidine rings is 1. The second-order valence-electron chi connectivity index (χ2n) is 11.9. The third-order valence-corrected chi connectivity index (χ3v) is 8.92. The van der Waals surface area contributed by atoms with Crippen molar-refractivity contribution in [3.8, 4) is 5.75 Å². The first-order valence-electron chi connectivity index (χ1n) is 15.7. The maximum absolute atomic E-state index is 11.8. The fourth-order valence-corrected chi connectivity index (χ4v) is 6.35. The summed E-state index contributed by atoms with van der Waals surface area (Å²) in [7, 11) is 1.73. The van der Waals surface area contributed by atoms with Crippen molar-refractivity contribution >= 4 is 17.5 Å². The Morgan fingerprint density at radius 2 is 1.70 bits per heavy atom. The Bertz CT molecular complexity index is 1360. The van der Waals surface area contributed by atoms with Crippen LogP contribution in [0.2, 0.25) is 0 Å². The standard InChI is InChI=1S/C35H43N3O6/c1-41-18-5-15-36-17-19-42-33-13-10-27(20-32(33)36)25-44-34-23-37(35(39)40)16-14-31(34)28-11-8-26(9-12-28)24-43-30-21-38(22-30)29-6-3-2-4-7-29/h2-4,6-13,20,30-31,34H,5,14-19,21-25H2,1H3,(H,39,40). The molecule has 0 saturated carbocycles. The molecule has 0 aromatic heterocycles. The highest BCUT2D eigenvalue weighted by molar-refractivity contribution is 5.65. The molecule has 3 heterocycles. The number of nitrogens with zero attached hydrogens (tertiary/aromatic N) is 3. The predicted molar refractivity (Wildman–Crippen MR) is 170 cm³/mol. The highest BCUT2D eigenvalue weighted by Crippen LogP contribution is 2.35. The van der Waals surface area contributed by atoms with Gasteiger partial charge >= 0.3 is 6.09 Å². The average Bonchev–Trinajstić information content (AvgIpc) is 3.04. The maximum atomic E-state index is 11.8. The van der Waals surface area contributed by atoms with E-state index in [9.17, 15) is 9.90 Å². The summed E-state index contributed by atoms with van der Waals surface area (Å²) in [6.45, 7) is 6.78. The SMILES string of the molecule is COCCCN1CCOc2ccc(COC3CN(C(=O)O)CCC3c3ccc(COC4CN(c5ccccc5)C4)cc3)cc21. The number of amides is 1. The number of carbonyl (C=O) groups is 1. The number of rotatable bonds is 12. The molecular formula is C35H43N3O6. The van der Waals surface area contributed by atoms with E-state index in [0.717, 1.165) is 68.2 Å². The maximum Gasteiger partial charge on any atom is 0.407 e. The zero-order valence-electron chi connectivity index (χ0n) is 25.5. The van der Waals surface area contributed by atoms with Gasteiger partial charge in [0, 0.05) is 51.5 Å². The molecule has 0 radical (unpaired) electrons. The van der Waals surface area contributed by atoms with Crippen LogP contribution in [0.15, 0.2) is 72.8 Å². The molecule has 2 unspecified atom stereocenters. The summed E-state index contributed by atoms with van der Waals surface area (Å²) >= 11 is 0. The largest absolute Gasteiger partial charge is 0.490 e. The van der Waals surface area contributed by atoms with Crippen molar-refractivity contribution in [2.45, 2.75) is 44.2 Å². The molecule has 2 fully saturated rings. The van der Waals surface area contributed by atoms with E-state index in [1.807, 2.05) is 18.2 Å². The van der Waals surface area contributed by atoms with Crippen LogP contribution >= 0.6 is 0 Å². The first-order chi connectivity index (χ1) is 21.6. The summed E-state index contributed by atoms with van der Waals surface area (Å²) < 4.78 is 23.8. The number of hydrogen-bond acceptors (Lipinski definition) is 7. The number of carboxylic acid groups (broad SMARTS) is 1. The van der Waals surface area contributed by atoms with E-state index in [-0.39, 0.29) is 18.1 Å². The van der Waals surface area contributed by atoms with Crippen LogP contribution in [0.4, 0.5) is 16.2 Å². The van der Waals surface area contributed by atoms with Gasteiger partial charge in [0.2, 0.25) is 0 Å². The molecule has 44 heavy (non-hydrogen) atoms. The first-order valence-corrected chi connectivity index (χ1v) is 15.7. The van der Waals surface area contributed by atoms with Crippen molar-refractivity contribution in [3.63, 3.8) is 0 Å². The van der Waals surface area contributed by atoms with E-state index in [4.69, 9.17) is 18.9 Å². The van der Waals surface area contributed by atoms with Gasteiger partial charge < -0.3 is 38.8 Å². The summed E-state index contributed by atoms with van der Waals surface area (Å²) in [5.41, 5.74) is 5.67. The van der Waals surface area contributed by atoms with Gasteiger partial charge in [-0.1, -0.05) is 48.5 Å². The fraction of sp³-hybridized carbons (Fsp3) is 0.457. The summed E-state index contributed by atoms with van der Waals surface area (Å²) in [6, 6.07) is 25.2. The van der Waals surface area contributed by atoms with Crippen molar-refractivity contribution in [1.82, 2.24) is 4.90 Å². The molecule has 1 amide bonds. The lowest BCUT2D eigenvalue weighted by Crippen LogP contribution is -2.52. The minimum atomic E-state index is -0.899. The second-order valence-corrected chi connectivity index (χ2v) is 11.9. The van der Waals surface area contributed by atoms with E-state index in [0.29, 0.717) is 32.9 Å². The van der Waals surface area contributed by atoms with Crippen LogP contribution < -0.4 is 14.5 Å². The number of hydrogen-bond donors (Lipinski definition) is 1. The van der Waals surface area contributed by atoms with Gasteiger partial charge in [-0.2, -0.15) is 0 Å². The Morgan fingerprint density at radius 1 is 0.932 bits per heavy atom. The molecule has 9 heteroatoms. The second kappa shape index (κ2) is 14.3. The fourth-order valence-electron chi connectivity index (χ4n) is 6.35. The van der Waals surface area contributed by atoms with Crippen LogP contribution in [-0.2, 0) is 27.4 Å². The molecule has 9 nitrogen and oxygen atoms in total. The number of para-hydroxylation sites is 1. The number of likely N-dealkylation sites (tertiary alicyclic amines) is 1. The lowest BCUT2D eigenvalue weighted by molar-refractivity contribution is -0.0199. The van der Waals surface area contributed by atoms with Crippen molar-refractivity contribution < 1.29 is 28.8 Å². The molecular weight excluding hydrogens is 558 g/mol. The molecule has 1 N–H and O–H groups in total. The minimum Gasteiger partial charge on any atom is -0.490 e. The number of fused-ring (bicyclic) bond motifs is 1. The van der Waals surface area contributed by atoms with E-state index in [1.54, 1.807) is 7.11 Å². The highest BCUT2D eigenvalue weighted by atomic mass is 16.5. The topological polar surface area (TPSA) is 83.9 Å². The molecule has 3 aromatic carbocycles. The third kappa shape index (κ3) is 7.29. The minimum absolute atomic E-state index is 0.109. The van der Waals surface area contributed by atoms with Gasteiger partial charge in [-0.25, -0.2) is 4.79 Å². The zero-order valence-corrected chi connectivity index (χ0v) is 25.5. The summed E-state index contributed by atoms with van der Waals surface area (Å²) in [4.78, 5) is 18.0. The zero-order chi connectivity index (χ0) is 30.3. The monoisotopic (exact) mass is 601 g/mol. The van der Waals surface area contributed by atoms with Crippen molar-refractivity contribution in [1.29, 1.82) is 0 Å². The van der Waals surface area contributed by atoms with Crippen LogP contribution in [0.5, 0.6) is 5.75 Å². The number of benzene rings is 3. The highest BCUT2D eigenvalue weighted by Gasteiger charge is 2.33. The lowest BCUT2D eigenvalue weighted by atomic mass is 9.86. The van der Waals surface area contributed by atoms with E-state index < -0.39 is 6.09 Å². The van der Waals surface area contributed by atoms with E-state index in [2.05, 4.69) is 64.4 Å². The van der Waals surface area contributed by atoms with Gasteiger partial charge in [-0.05, 0) is 53.8 Å². The van der Waals surface area contributed by atoms with Crippen molar-refractivity contribution in [3.05, 3.63) is 89.5 Å². The first kappa shape index (κ1) is 30.2. The Kier molecular flexibility index (Phi) is 9.85. The van der Waals surface area contributed by atoms with Gasteiger partial charge in [0.1, 0.15) is 12.4 Å². The number of ether oxygens (including phenoxy) is 4. The van der Waals surface area contributed by atoms with Gasteiger partial charge in [-0.3, -0.25) is 0 Å². The molecule has 0 bridgehead atoms. The quantitative estimate of drug-likeness (QED) is 0.277. The van der Waals surface area contributed by atoms with Crippen molar-refractivity contribution in [2.75, 3.05) is 69.4 Å². The van der Waals surface area contributed by atoms with Crippen LogP contribution in [0.1, 0.15) is 35.4 Å². The number of methoxy groups -OCH3 is 1. The Hall–Kier alpha value is -3.79. The average molecular weight is 602 g/mol. The Balaban J connectivity index is 1.06. The molecule has 234 valence electrons. The molecule has 2 saturated heterocycles. The summed E-state index contributed by atoms with van der Waals surface area (Å²) in [5, 5.41) is 9.72. The van der Waals surface area contributed by atoms with Gasteiger partial charge in [0.15, 0.2) is 0 Å². The molecule has 3 aliphatic heterocycles. The molecule has 3 aliphatic rings. The van der Waals surface area contributed by atoms with Crippen LogP contribution in [-0.4, -0.2) is 87.9 Å². The van der Waals surface area contributed by atoms with Gasteiger partial charge in [0.05, 0.1) is 44.2 Å². The van der Waals surface area contributed by atoms with E-state index >= 15 is 0 Å². The Morgan fingerprint density at radius 3 is 2.48 bits per heavy atom. The van der Waals surface area contributed by atoms with Gasteiger partial charge in [0.25, 0.3) is 0 Å². The number of anilines is 2. The predicted octanol–water partition coefficient (Wildman–Crippen LogP) is 5.38. The Labute approximate surface area is 259 Å². The third-order valence-electron chi connectivity index (χ3n) is 8.92. The van der Waals surface area contributed by atoms with Crippen LogP contribution in [0.25, 0.3) is 0 Å². The van der Waals surface area contributed by atoms with E-state index in [1.165, 1.54) is 16.2 Å². The molecule has 0 aliphatic carbocycles. The molecule has 0 spiro atoms. The van der Waals surface area contributed by atoms with Crippen molar-refractivity contribution in [2.24, 2.45) is 0 Å². The molecule has 3 aromatic rings. The van der Waals surface area contributed by atoms with Gasteiger partial charge in [-0.15, -0.1) is 0 Å². The summed E-state index contributed by atoms with van der Waals surface area (Å²) in [5.74, 6) is 0.998. The van der Waals surface area contributed by atoms with Crippen LogP contribution in [0.3, 0.4) is 0 Å². The normalized spacial score (nSPS) is 20.2. The smallest absolute Gasteiger partial charge is 0.407 e. The molecule has 6 rings (SSSR count). The lowest BCUT2D eigenvalue weighted by Gasteiger charge is -2.40.